The van der Waals surface area contributed by atoms with Gasteiger partial charge < -0.3 is 35.4 Å². The molecule has 2 unspecified atom stereocenters. The molecule has 0 fully saturated rings. The number of unbranched alkanes of at least 4 members (excludes halogenated alkanes) is 25. The molecule has 0 aromatic heterocycles. The summed E-state index contributed by atoms with van der Waals surface area (Å²) in [6, 6.07) is -0.120. The average Bonchev–Trinajstić information content (AvgIpc) is 3.22. The van der Waals surface area contributed by atoms with Gasteiger partial charge in [0.2, 0.25) is 0 Å². The molecular weight excluding hydrogens is 737 g/mol. The Bertz CT molecular complexity index is 952. The lowest BCUT2D eigenvalue weighted by molar-refractivity contribution is -0.150. The molecule has 0 spiro atoms. The molecule has 1 aliphatic rings. The molecule has 1 aliphatic heterocycles. The monoisotopic (exact) mass is 835 g/mol. The summed E-state index contributed by atoms with van der Waals surface area (Å²) in [4.78, 5) is 29.5. The first kappa shape index (κ1) is 55.3. The number of amides is 2. The first-order valence-corrected chi connectivity index (χ1v) is 25.6. The van der Waals surface area contributed by atoms with Crippen molar-refractivity contribution in [3.8, 4) is 0 Å². The summed E-state index contributed by atoms with van der Waals surface area (Å²) in [6.07, 6.45) is 43.6. The maximum Gasteiger partial charge on any atom is 0.322 e. The van der Waals surface area contributed by atoms with E-state index in [2.05, 4.69) is 31.0 Å². The molecule has 1 heterocycles. The normalized spacial score (nSPS) is 14.8. The van der Waals surface area contributed by atoms with E-state index < -0.39 is 12.5 Å². The summed E-state index contributed by atoms with van der Waals surface area (Å²) in [5.41, 5.74) is 5.83. The number of aliphatic hydroxyl groups excluding tert-OH is 1. The number of nitrogens with zero attached hydrogens (tertiary/aromatic N) is 2. The summed E-state index contributed by atoms with van der Waals surface area (Å²) in [6.45, 7) is 11.2. The topological polar surface area (TPSA) is 117 Å². The zero-order valence-electron chi connectivity index (χ0n) is 39.2. The standard InChI is InChI=1S/C50H98N4O5/c1-4-7-10-13-16-17-26-33-45-58-48(55)37-29-22-18-24-31-40-53(42-34-43-54-44-39-47(51)52-50(54)57)41-32-25-19-23-30-38-49(56)59-46(35-27-20-14-11-8-5-2)36-28-21-15-12-9-6-3/h39,44,46-48,55H,4-38,40-43,45,51H2,1-3H3,(H,52,57). The van der Waals surface area contributed by atoms with Crippen LogP contribution in [0.2, 0.25) is 0 Å². The van der Waals surface area contributed by atoms with Gasteiger partial charge in [-0.15, -0.1) is 0 Å². The highest BCUT2D eigenvalue weighted by atomic mass is 16.6. The predicted molar refractivity (Wildman–Crippen MR) is 249 cm³/mol. The van der Waals surface area contributed by atoms with Gasteiger partial charge in [-0.1, -0.05) is 168 Å². The van der Waals surface area contributed by atoms with Gasteiger partial charge in [-0.25, -0.2) is 4.79 Å². The number of rotatable bonds is 45. The van der Waals surface area contributed by atoms with Crippen LogP contribution in [0.25, 0.3) is 0 Å². The van der Waals surface area contributed by atoms with Gasteiger partial charge in [0.25, 0.3) is 0 Å². The van der Waals surface area contributed by atoms with Crippen molar-refractivity contribution in [3.05, 3.63) is 12.3 Å². The summed E-state index contributed by atoms with van der Waals surface area (Å²) in [7, 11) is 0. The number of nitrogens with one attached hydrogen (secondary N) is 1. The maximum atomic E-state index is 12.9. The number of nitrogens with two attached hydrogens (primary N) is 1. The first-order valence-electron chi connectivity index (χ1n) is 25.6. The Morgan fingerprint density at radius 2 is 1.08 bits per heavy atom. The second kappa shape index (κ2) is 41.7. The van der Waals surface area contributed by atoms with Gasteiger partial charge >= 0.3 is 12.0 Å². The van der Waals surface area contributed by atoms with E-state index in [4.69, 9.17) is 15.2 Å². The Labute approximate surface area is 365 Å². The Hall–Kier alpha value is -1.68. The quantitative estimate of drug-likeness (QED) is 0.0318. The highest BCUT2D eigenvalue weighted by Gasteiger charge is 2.18. The maximum absolute atomic E-state index is 12.9. The number of carbonyl (C=O) groups is 2. The summed E-state index contributed by atoms with van der Waals surface area (Å²) in [5, 5.41) is 13.0. The molecule has 0 saturated heterocycles. The summed E-state index contributed by atoms with van der Waals surface area (Å²) in [5.74, 6) is 0.0101. The Balaban J connectivity index is 2.32. The Kier molecular flexibility index (Phi) is 39.1. The van der Waals surface area contributed by atoms with Crippen molar-refractivity contribution in [3.63, 3.8) is 0 Å². The van der Waals surface area contributed by atoms with Crippen molar-refractivity contribution >= 4 is 12.0 Å². The number of aliphatic hydroxyl groups is 1. The molecule has 0 radical (unpaired) electrons. The van der Waals surface area contributed by atoms with E-state index in [9.17, 15) is 14.7 Å². The van der Waals surface area contributed by atoms with Crippen molar-refractivity contribution < 1.29 is 24.2 Å². The molecule has 59 heavy (non-hydrogen) atoms. The molecule has 9 heteroatoms. The highest BCUT2D eigenvalue weighted by Crippen LogP contribution is 2.19. The molecule has 4 N–H and O–H groups in total. The lowest BCUT2D eigenvalue weighted by Gasteiger charge is -2.27. The fourth-order valence-corrected chi connectivity index (χ4v) is 8.18. The molecule has 0 aromatic carbocycles. The van der Waals surface area contributed by atoms with E-state index in [0.717, 1.165) is 96.7 Å². The third-order valence-electron chi connectivity index (χ3n) is 12.0. The van der Waals surface area contributed by atoms with E-state index in [1.807, 2.05) is 12.3 Å². The van der Waals surface area contributed by atoms with Crippen LogP contribution in [0.5, 0.6) is 0 Å². The number of hydrogen-bond acceptors (Lipinski definition) is 7. The molecule has 0 aliphatic carbocycles. The zero-order valence-corrected chi connectivity index (χ0v) is 39.2. The van der Waals surface area contributed by atoms with E-state index in [-0.39, 0.29) is 18.1 Å². The van der Waals surface area contributed by atoms with Crippen LogP contribution < -0.4 is 11.1 Å². The predicted octanol–water partition coefficient (Wildman–Crippen LogP) is 13.1. The highest BCUT2D eigenvalue weighted by molar-refractivity contribution is 5.76. The fraction of sp³-hybridized carbons (Fsp3) is 0.920. The second-order valence-electron chi connectivity index (χ2n) is 17.8. The van der Waals surface area contributed by atoms with Crippen LogP contribution in [-0.4, -0.2) is 78.3 Å². The first-order chi connectivity index (χ1) is 28.9. The fourth-order valence-electron chi connectivity index (χ4n) is 8.18. The van der Waals surface area contributed by atoms with Gasteiger partial charge in [0.15, 0.2) is 6.29 Å². The summed E-state index contributed by atoms with van der Waals surface area (Å²) >= 11 is 0. The third-order valence-corrected chi connectivity index (χ3v) is 12.0. The number of hydrogen-bond donors (Lipinski definition) is 3. The third kappa shape index (κ3) is 35.6. The van der Waals surface area contributed by atoms with Crippen molar-refractivity contribution in [2.45, 2.75) is 264 Å². The molecule has 2 amide bonds. The number of urea groups is 1. The van der Waals surface area contributed by atoms with Crippen molar-refractivity contribution in [2.24, 2.45) is 5.73 Å². The average molecular weight is 835 g/mol. The van der Waals surface area contributed by atoms with Crippen LogP contribution in [0, 0.1) is 0 Å². The van der Waals surface area contributed by atoms with Gasteiger partial charge in [0.1, 0.15) is 6.10 Å². The number of esters is 1. The van der Waals surface area contributed by atoms with Gasteiger partial charge in [-0.05, 0) is 96.3 Å². The van der Waals surface area contributed by atoms with Crippen molar-refractivity contribution in [2.75, 3.05) is 32.8 Å². The van der Waals surface area contributed by atoms with E-state index in [1.165, 1.54) is 141 Å². The zero-order chi connectivity index (χ0) is 42.9. The van der Waals surface area contributed by atoms with Gasteiger partial charge in [-0.2, -0.15) is 0 Å². The lowest BCUT2D eigenvalue weighted by atomic mass is 10.0. The Morgan fingerprint density at radius 3 is 1.61 bits per heavy atom. The van der Waals surface area contributed by atoms with Gasteiger partial charge in [0.05, 0.1) is 6.17 Å². The molecular formula is C50H98N4O5. The van der Waals surface area contributed by atoms with Gasteiger partial charge in [0, 0.05) is 25.8 Å². The minimum Gasteiger partial charge on any atom is -0.462 e. The molecule has 348 valence electrons. The lowest BCUT2D eigenvalue weighted by Crippen LogP contribution is -2.49. The van der Waals surface area contributed by atoms with E-state index in [0.29, 0.717) is 19.6 Å². The summed E-state index contributed by atoms with van der Waals surface area (Å²) < 4.78 is 11.7. The smallest absolute Gasteiger partial charge is 0.322 e. The number of ether oxygens (including phenoxy) is 2. The number of carbonyl (C=O) groups excluding carboxylic acids is 2. The van der Waals surface area contributed by atoms with Crippen molar-refractivity contribution in [1.82, 2.24) is 15.1 Å². The van der Waals surface area contributed by atoms with Gasteiger partial charge in [-0.3, -0.25) is 4.79 Å². The second-order valence-corrected chi connectivity index (χ2v) is 17.8. The van der Waals surface area contributed by atoms with E-state index >= 15 is 0 Å². The molecule has 0 aromatic rings. The molecule has 1 rings (SSSR count). The van der Waals surface area contributed by atoms with Crippen LogP contribution >= 0.6 is 0 Å². The SMILES string of the molecule is CCCCCCCCCCOC(O)CCCCCCCN(CCCCCCCC(=O)OC(CCCCCCCC)CCCCCCCC)CCCN1C=CC(N)NC1=O. The largest absolute Gasteiger partial charge is 0.462 e. The Morgan fingerprint density at radius 1 is 0.644 bits per heavy atom. The molecule has 9 nitrogen and oxygen atoms in total. The van der Waals surface area contributed by atoms with Crippen LogP contribution in [0.15, 0.2) is 12.3 Å². The van der Waals surface area contributed by atoms with Crippen molar-refractivity contribution in [1.29, 1.82) is 0 Å². The minimum absolute atomic E-state index is 0.0101. The van der Waals surface area contributed by atoms with Crippen LogP contribution in [0.3, 0.4) is 0 Å². The molecule has 2 atom stereocenters. The van der Waals surface area contributed by atoms with Crippen LogP contribution in [0.4, 0.5) is 4.79 Å². The van der Waals surface area contributed by atoms with Crippen LogP contribution in [-0.2, 0) is 14.3 Å². The molecule has 0 bridgehead atoms. The van der Waals surface area contributed by atoms with Crippen LogP contribution in [0.1, 0.15) is 245 Å². The van der Waals surface area contributed by atoms with E-state index in [1.54, 1.807) is 4.90 Å². The minimum atomic E-state index is -0.622. The molecule has 0 saturated carbocycles.